The highest BCUT2D eigenvalue weighted by atomic mass is 19.1. The smallest absolute Gasteiger partial charge is 0.196 e. The van der Waals surface area contributed by atoms with Gasteiger partial charge in [0.2, 0.25) is 0 Å². The second kappa shape index (κ2) is 2.02. The Hall–Kier alpha value is -1.45. The fraction of sp³-hybridized carbons (Fsp3) is 0.143. The summed E-state index contributed by atoms with van der Waals surface area (Å²) in [5.41, 5.74) is 1.13. The number of rotatable bonds is 0. The summed E-state index contributed by atoms with van der Waals surface area (Å²) >= 11 is 0. The number of aromatic nitrogens is 3. The van der Waals surface area contributed by atoms with Gasteiger partial charge >= 0.3 is 0 Å². The Kier molecular flexibility index (Phi) is 1.15. The Morgan fingerprint density at radius 2 is 2.36 bits per heavy atom. The minimum atomic E-state index is -0.331. The summed E-state index contributed by atoms with van der Waals surface area (Å²) in [7, 11) is 0. The molecule has 11 heavy (non-hydrogen) atoms. The van der Waals surface area contributed by atoms with Gasteiger partial charge in [0.25, 0.3) is 0 Å². The Labute approximate surface area is 62.5 Å². The molecule has 0 aromatic carbocycles. The van der Waals surface area contributed by atoms with E-state index < -0.39 is 0 Å². The van der Waals surface area contributed by atoms with Gasteiger partial charge in [-0.1, -0.05) is 0 Å². The molecule has 2 aromatic heterocycles. The van der Waals surface area contributed by atoms with Crippen molar-refractivity contribution in [2.24, 2.45) is 0 Å². The molecular formula is C7H6FN3. The van der Waals surface area contributed by atoms with Crippen molar-refractivity contribution < 1.29 is 4.39 Å². The zero-order valence-electron chi connectivity index (χ0n) is 5.95. The fourth-order valence-corrected chi connectivity index (χ4v) is 1.03. The fourth-order valence-electron chi connectivity index (χ4n) is 1.03. The largest absolute Gasteiger partial charge is 0.286 e. The Morgan fingerprint density at radius 1 is 1.55 bits per heavy atom. The van der Waals surface area contributed by atoms with Crippen molar-refractivity contribution in [1.29, 1.82) is 0 Å². The van der Waals surface area contributed by atoms with Gasteiger partial charge in [0.05, 0.1) is 0 Å². The first-order valence-corrected chi connectivity index (χ1v) is 3.23. The quantitative estimate of drug-likeness (QED) is 0.565. The lowest BCUT2D eigenvalue weighted by Gasteiger charge is -1.94. The summed E-state index contributed by atoms with van der Waals surface area (Å²) < 4.78 is 14.5. The number of hydrogen-bond acceptors (Lipinski definition) is 2. The highest BCUT2D eigenvalue weighted by Crippen LogP contribution is 2.07. The summed E-state index contributed by atoms with van der Waals surface area (Å²) in [4.78, 5) is 0. The van der Waals surface area contributed by atoms with E-state index in [0.717, 1.165) is 5.56 Å². The zero-order valence-corrected chi connectivity index (χ0v) is 5.95. The highest BCUT2D eigenvalue weighted by molar-refractivity contribution is 5.39. The van der Waals surface area contributed by atoms with Gasteiger partial charge in [-0.25, -0.2) is 4.39 Å². The molecule has 0 aliphatic carbocycles. The minimum absolute atomic E-state index is 0.274. The maximum atomic E-state index is 13.0. The SMILES string of the molecule is Cc1cc(F)c2nncn2c1. The number of hydrogen-bond donors (Lipinski definition) is 0. The van der Waals surface area contributed by atoms with Crippen molar-refractivity contribution in [2.45, 2.75) is 6.92 Å². The van der Waals surface area contributed by atoms with Crippen LogP contribution in [-0.4, -0.2) is 14.6 Å². The zero-order chi connectivity index (χ0) is 7.84. The molecule has 2 rings (SSSR count). The Bertz CT molecular complexity index is 393. The molecule has 0 saturated heterocycles. The second-order valence-corrected chi connectivity index (χ2v) is 2.43. The number of pyridine rings is 1. The van der Waals surface area contributed by atoms with E-state index in [1.807, 2.05) is 6.92 Å². The molecule has 0 spiro atoms. The van der Waals surface area contributed by atoms with Crippen LogP contribution in [0.5, 0.6) is 0 Å². The molecule has 0 radical (unpaired) electrons. The lowest BCUT2D eigenvalue weighted by molar-refractivity contribution is 0.628. The average Bonchev–Trinajstić information content (AvgIpc) is 2.34. The van der Waals surface area contributed by atoms with Gasteiger partial charge < -0.3 is 0 Å². The van der Waals surface area contributed by atoms with Crippen LogP contribution < -0.4 is 0 Å². The Morgan fingerprint density at radius 3 is 3.18 bits per heavy atom. The predicted octanol–water partition coefficient (Wildman–Crippen LogP) is 1.18. The highest BCUT2D eigenvalue weighted by Gasteiger charge is 2.01. The maximum absolute atomic E-state index is 13.0. The van der Waals surface area contributed by atoms with Crippen molar-refractivity contribution in [1.82, 2.24) is 14.6 Å². The third-order valence-corrected chi connectivity index (χ3v) is 1.48. The van der Waals surface area contributed by atoms with Crippen LogP contribution >= 0.6 is 0 Å². The number of aryl methyl sites for hydroxylation is 1. The van der Waals surface area contributed by atoms with Crippen LogP contribution in [0.3, 0.4) is 0 Å². The van der Waals surface area contributed by atoms with Crippen LogP contribution in [0, 0.1) is 12.7 Å². The molecule has 0 bridgehead atoms. The van der Waals surface area contributed by atoms with Crippen molar-refractivity contribution in [3.8, 4) is 0 Å². The van der Waals surface area contributed by atoms with Crippen molar-refractivity contribution in [3.05, 3.63) is 30.0 Å². The standard InChI is InChI=1S/C7H6FN3/c1-5-2-6(8)7-10-9-4-11(7)3-5/h2-4H,1H3. The van der Waals surface area contributed by atoms with E-state index in [1.165, 1.54) is 12.4 Å². The van der Waals surface area contributed by atoms with E-state index >= 15 is 0 Å². The summed E-state index contributed by atoms with van der Waals surface area (Å²) in [6.45, 7) is 1.82. The minimum Gasteiger partial charge on any atom is -0.286 e. The van der Waals surface area contributed by atoms with Crippen LogP contribution in [0.2, 0.25) is 0 Å². The molecule has 3 nitrogen and oxygen atoms in total. The molecule has 2 heterocycles. The van der Waals surface area contributed by atoms with Crippen LogP contribution in [0.1, 0.15) is 5.56 Å². The molecular weight excluding hydrogens is 145 g/mol. The maximum Gasteiger partial charge on any atom is 0.196 e. The van der Waals surface area contributed by atoms with Gasteiger partial charge in [-0.05, 0) is 18.6 Å². The number of fused-ring (bicyclic) bond motifs is 1. The number of nitrogens with zero attached hydrogens (tertiary/aromatic N) is 3. The lowest BCUT2D eigenvalue weighted by Crippen LogP contribution is -1.89. The molecule has 0 unspecified atom stereocenters. The van der Waals surface area contributed by atoms with E-state index in [4.69, 9.17) is 0 Å². The van der Waals surface area contributed by atoms with Gasteiger partial charge in [0.15, 0.2) is 11.5 Å². The van der Waals surface area contributed by atoms with Crippen LogP contribution in [0.15, 0.2) is 18.6 Å². The third-order valence-electron chi connectivity index (χ3n) is 1.48. The van der Waals surface area contributed by atoms with Crippen molar-refractivity contribution in [2.75, 3.05) is 0 Å². The molecule has 0 atom stereocenters. The van der Waals surface area contributed by atoms with Crippen molar-refractivity contribution >= 4 is 5.65 Å². The topological polar surface area (TPSA) is 30.2 Å². The predicted molar refractivity (Wildman–Crippen MR) is 37.7 cm³/mol. The summed E-state index contributed by atoms with van der Waals surface area (Å²) in [6, 6.07) is 1.43. The van der Waals surface area contributed by atoms with Gasteiger partial charge in [-0.15, -0.1) is 10.2 Å². The van der Waals surface area contributed by atoms with Gasteiger partial charge in [0.1, 0.15) is 6.33 Å². The first-order chi connectivity index (χ1) is 5.27. The molecule has 0 aliphatic rings. The number of halogens is 1. The van der Waals surface area contributed by atoms with Crippen LogP contribution in [0.25, 0.3) is 5.65 Å². The van der Waals surface area contributed by atoms with Crippen LogP contribution in [0.4, 0.5) is 4.39 Å². The molecule has 0 N–H and O–H groups in total. The molecule has 0 amide bonds. The molecule has 2 aromatic rings. The molecule has 0 fully saturated rings. The van der Waals surface area contributed by atoms with E-state index in [9.17, 15) is 4.39 Å². The van der Waals surface area contributed by atoms with Crippen LogP contribution in [-0.2, 0) is 0 Å². The summed E-state index contributed by atoms with van der Waals surface area (Å²) in [5, 5.41) is 7.17. The lowest BCUT2D eigenvalue weighted by atomic mass is 10.3. The van der Waals surface area contributed by atoms with Gasteiger partial charge in [-0.2, -0.15) is 0 Å². The van der Waals surface area contributed by atoms with E-state index in [1.54, 1.807) is 10.6 Å². The molecule has 0 aliphatic heterocycles. The van der Waals surface area contributed by atoms with Crippen molar-refractivity contribution in [3.63, 3.8) is 0 Å². The summed E-state index contributed by atoms with van der Waals surface area (Å²) in [5.74, 6) is -0.331. The average molecular weight is 151 g/mol. The summed E-state index contributed by atoms with van der Waals surface area (Å²) in [6.07, 6.45) is 3.25. The van der Waals surface area contributed by atoms with E-state index in [0.29, 0.717) is 0 Å². The first kappa shape index (κ1) is 6.27. The second-order valence-electron chi connectivity index (χ2n) is 2.43. The Balaban J connectivity index is 2.91. The first-order valence-electron chi connectivity index (χ1n) is 3.23. The monoisotopic (exact) mass is 151 g/mol. The normalized spacial score (nSPS) is 10.7. The molecule has 0 saturated carbocycles. The molecule has 56 valence electrons. The third kappa shape index (κ3) is 0.869. The van der Waals surface area contributed by atoms with E-state index in [-0.39, 0.29) is 11.5 Å². The molecule has 4 heteroatoms. The van der Waals surface area contributed by atoms with Gasteiger partial charge in [0, 0.05) is 6.20 Å². The van der Waals surface area contributed by atoms with E-state index in [2.05, 4.69) is 10.2 Å². The van der Waals surface area contributed by atoms with Gasteiger partial charge in [-0.3, -0.25) is 4.40 Å².